The molecule has 166 valence electrons. The van der Waals surface area contributed by atoms with Crippen molar-refractivity contribution in [2.24, 2.45) is 4.99 Å². The van der Waals surface area contributed by atoms with Gasteiger partial charge in [-0.05, 0) is 24.6 Å². The van der Waals surface area contributed by atoms with E-state index in [0.717, 1.165) is 29.9 Å². The molecule has 1 aliphatic rings. The Morgan fingerprint density at radius 3 is 2.84 bits per heavy atom. The predicted molar refractivity (Wildman–Crippen MR) is 121 cm³/mol. The average molecular weight is 428 g/mol. The van der Waals surface area contributed by atoms with Gasteiger partial charge in [-0.15, -0.1) is 0 Å². The van der Waals surface area contributed by atoms with Gasteiger partial charge in [-0.25, -0.2) is 0 Å². The minimum atomic E-state index is -0.394. The van der Waals surface area contributed by atoms with E-state index < -0.39 is 4.92 Å². The highest BCUT2D eigenvalue weighted by Crippen LogP contribution is 2.24. The van der Waals surface area contributed by atoms with Crippen LogP contribution >= 0.6 is 0 Å². The van der Waals surface area contributed by atoms with Gasteiger partial charge in [-0.2, -0.15) is 0 Å². The molecule has 1 saturated heterocycles. The highest BCUT2D eigenvalue weighted by atomic mass is 16.6. The Hall–Kier alpha value is -3.33. The van der Waals surface area contributed by atoms with Crippen LogP contribution in [0.3, 0.4) is 0 Å². The number of nitrogens with one attached hydrogen (secondary N) is 3. The molecule has 0 aliphatic carbocycles. The highest BCUT2D eigenvalue weighted by molar-refractivity contribution is 5.79. The van der Waals surface area contributed by atoms with Crippen LogP contribution < -0.4 is 20.7 Å². The van der Waals surface area contributed by atoms with E-state index in [1.54, 1.807) is 25.2 Å². The van der Waals surface area contributed by atoms with Crippen molar-refractivity contribution in [3.8, 4) is 5.75 Å². The van der Waals surface area contributed by atoms with Gasteiger partial charge < -0.3 is 25.4 Å². The second-order valence-electron chi connectivity index (χ2n) is 7.27. The normalized spacial score (nSPS) is 16.1. The average Bonchev–Trinajstić information content (AvgIpc) is 3.27. The standard InChI is InChI=1S/C22H29N5O4/c1-16-7-8-17(21(13-16)31-18-9-12-30-15-18)14-26-22(23-2)25-11-10-24-19-5-3-4-6-20(19)27(28)29/h3-8,13,18,24H,9-12,14-15H2,1-2H3,(H2,23,25,26). The van der Waals surface area contributed by atoms with Gasteiger partial charge in [0.25, 0.3) is 5.69 Å². The van der Waals surface area contributed by atoms with Crippen molar-refractivity contribution in [2.45, 2.75) is 26.0 Å². The Kier molecular flexibility index (Phi) is 8.05. The number of ether oxygens (including phenoxy) is 2. The van der Waals surface area contributed by atoms with Crippen molar-refractivity contribution in [1.82, 2.24) is 10.6 Å². The maximum Gasteiger partial charge on any atom is 0.292 e. The molecule has 1 heterocycles. The van der Waals surface area contributed by atoms with E-state index in [1.807, 2.05) is 13.0 Å². The third kappa shape index (κ3) is 6.58. The van der Waals surface area contributed by atoms with Gasteiger partial charge >= 0.3 is 0 Å². The van der Waals surface area contributed by atoms with Crippen LogP contribution in [0.15, 0.2) is 47.5 Å². The van der Waals surface area contributed by atoms with Gasteiger partial charge in [0, 0.05) is 44.7 Å². The van der Waals surface area contributed by atoms with E-state index in [2.05, 4.69) is 33.1 Å². The molecule has 0 amide bonds. The molecule has 0 radical (unpaired) electrons. The zero-order valence-corrected chi connectivity index (χ0v) is 17.9. The van der Waals surface area contributed by atoms with Crippen LogP contribution in [0.1, 0.15) is 17.5 Å². The van der Waals surface area contributed by atoms with Crippen LogP contribution in [0.5, 0.6) is 5.75 Å². The number of aryl methyl sites for hydroxylation is 1. The van der Waals surface area contributed by atoms with Gasteiger partial charge in [0.2, 0.25) is 0 Å². The summed E-state index contributed by atoms with van der Waals surface area (Å²) in [7, 11) is 1.70. The topological polar surface area (TPSA) is 110 Å². The Labute approximate surface area is 182 Å². The van der Waals surface area contributed by atoms with Crippen molar-refractivity contribution in [2.75, 3.05) is 38.7 Å². The molecule has 9 nitrogen and oxygen atoms in total. The summed E-state index contributed by atoms with van der Waals surface area (Å²) in [5.41, 5.74) is 2.74. The lowest BCUT2D eigenvalue weighted by Gasteiger charge is -2.18. The number of aliphatic imine (C=N–C) groups is 1. The maximum atomic E-state index is 11.1. The number of guanidine groups is 1. The number of benzene rings is 2. The van der Waals surface area contributed by atoms with Crippen LogP contribution in [0, 0.1) is 17.0 Å². The van der Waals surface area contributed by atoms with Crippen molar-refractivity contribution in [3.63, 3.8) is 0 Å². The van der Waals surface area contributed by atoms with E-state index >= 15 is 0 Å². The fraction of sp³-hybridized carbons (Fsp3) is 0.409. The monoisotopic (exact) mass is 427 g/mol. The van der Waals surface area contributed by atoms with Gasteiger partial charge in [0.15, 0.2) is 5.96 Å². The lowest BCUT2D eigenvalue weighted by atomic mass is 10.1. The number of rotatable bonds is 9. The summed E-state index contributed by atoms with van der Waals surface area (Å²) in [6.07, 6.45) is 0.988. The lowest BCUT2D eigenvalue weighted by Crippen LogP contribution is -2.39. The number of anilines is 1. The zero-order valence-electron chi connectivity index (χ0n) is 17.9. The van der Waals surface area contributed by atoms with E-state index in [-0.39, 0.29) is 11.8 Å². The number of nitro benzene ring substituents is 1. The molecule has 0 spiro atoms. The minimum Gasteiger partial charge on any atom is -0.488 e. The summed E-state index contributed by atoms with van der Waals surface area (Å²) in [6, 6.07) is 12.7. The largest absolute Gasteiger partial charge is 0.488 e. The Morgan fingerprint density at radius 1 is 1.26 bits per heavy atom. The summed E-state index contributed by atoms with van der Waals surface area (Å²) in [4.78, 5) is 14.9. The van der Waals surface area contributed by atoms with Gasteiger partial charge in [-0.3, -0.25) is 15.1 Å². The van der Waals surface area contributed by atoms with Crippen LogP contribution in [0.25, 0.3) is 0 Å². The molecular formula is C22H29N5O4. The summed E-state index contributed by atoms with van der Waals surface area (Å²) >= 11 is 0. The molecule has 0 bridgehead atoms. The summed E-state index contributed by atoms with van der Waals surface area (Å²) in [5, 5.41) is 20.7. The molecule has 0 saturated carbocycles. The molecule has 0 aromatic heterocycles. The molecule has 1 aliphatic heterocycles. The van der Waals surface area contributed by atoms with Gasteiger partial charge in [-0.1, -0.05) is 24.3 Å². The first-order chi connectivity index (χ1) is 15.1. The highest BCUT2D eigenvalue weighted by Gasteiger charge is 2.19. The summed E-state index contributed by atoms with van der Waals surface area (Å²) < 4.78 is 11.6. The number of nitro groups is 1. The molecule has 1 atom stereocenters. The van der Waals surface area contributed by atoms with Crippen LogP contribution in [0.4, 0.5) is 11.4 Å². The SMILES string of the molecule is CN=C(NCCNc1ccccc1[N+](=O)[O-])NCc1ccc(C)cc1OC1CCOC1. The first-order valence-corrected chi connectivity index (χ1v) is 10.3. The number of nitrogens with zero attached hydrogens (tertiary/aromatic N) is 2. The lowest BCUT2D eigenvalue weighted by molar-refractivity contribution is -0.384. The smallest absolute Gasteiger partial charge is 0.292 e. The minimum absolute atomic E-state index is 0.0598. The van der Waals surface area contributed by atoms with E-state index in [9.17, 15) is 10.1 Å². The quantitative estimate of drug-likeness (QED) is 0.186. The van der Waals surface area contributed by atoms with Crippen LogP contribution in [-0.2, 0) is 11.3 Å². The molecule has 2 aromatic carbocycles. The second-order valence-corrected chi connectivity index (χ2v) is 7.27. The van der Waals surface area contributed by atoms with Gasteiger partial charge in [0.05, 0.1) is 18.1 Å². The van der Waals surface area contributed by atoms with E-state index in [4.69, 9.17) is 9.47 Å². The second kappa shape index (κ2) is 11.2. The van der Waals surface area contributed by atoms with Crippen LogP contribution in [0.2, 0.25) is 0 Å². The molecule has 1 unspecified atom stereocenters. The maximum absolute atomic E-state index is 11.1. The fourth-order valence-electron chi connectivity index (χ4n) is 3.26. The molecule has 1 fully saturated rings. The first kappa shape index (κ1) is 22.4. The van der Waals surface area contributed by atoms with Crippen molar-refractivity contribution in [1.29, 1.82) is 0 Å². The van der Waals surface area contributed by atoms with Crippen molar-refractivity contribution in [3.05, 3.63) is 63.7 Å². The first-order valence-electron chi connectivity index (χ1n) is 10.3. The van der Waals surface area contributed by atoms with E-state index in [1.165, 1.54) is 6.07 Å². The number of hydrogen-bond acceptors (Lipinski definition) is 6. The van der Waals surface area contributed by atoms with E-state index in [0.29, 0.717) is 37.9 Å². The third-order valence-electron chi connectivity index (χ3n) is 4.91. The van der Waals surface area contributed by atoms with Crippen molar-refractivity contribution >= 4 is 17.3 Å². The van der Waals surface area contributed by atoms with Gasteiger partial charge in [0.1, 0.15) is 17.5 Å². The number of hydrogen-bond donors (Lipinski definition) is 3. The fourth-order valence-corrected chi connectivity index (χ4v) is 3.26. The Morgan fingerprint density at radius 2 is 2.10 bits per heavy atom. The Bertz CT molecular complexity index is 913. The third-order valence-corrected chi connectivity index (χ3v) is 4.91. The molecular weight excluding hydrogens is 398 g/mol. The molecule has 31 heavy (non-hydrogen) atoms. The molecule has 3 N–H and O–H groups in total. The zero-order chi connectivity index (χ0) is 22.1. The van der Waals surface area contributed by atoms with Crippen molar-refractivity contribution < 1.29 is 14.4 Å². The summed E-state index contributed by atoms with van der Waals surface area (Å²) in [5.74, 6) is 1.50. The molecule has 9 heteroatoms. The molecule has 2 aromatic rings. The summed E-state index contributed by atoms with van der Waals surface area (Å²) in [6.45, 7) is 5.01. The molecule has 3 rings (SSSR count). The number of para-hydroxylation sites is 2. The Balaban J connectivity index is 1.49. The van der Waals surface area contributed by atoms with Crippen LogP contribution in [-0.4, -0.2) is 50.3 Å². The predicted octanol–water partition coefficient (Wildman–Crippen LogP) is 2.85.